The van der Waals surface area contributed by atoms with Gasteiger partial charge in [-0.05, 0) is 34.7 Å². The van der Waals surface area contributed by atoms with Gasteiger partial charge in [-0.15, -0.1) is 16.4 Å². The molecule has 7 heteroatoms. The summed E-state index contributed by atoms with van der Waals surface area (Å²) in [4.78, 5) is 15.9. The molecule has 3 heterocycles. The number of aromatic nitrogens is 4. The lowest BCUT2D eigenvalue weighted by Gasteiger charge is -2.24. The molecule has 1 atom stereocenters. The van der Waals surface area contributed by atoms with Crippen LogP contribution in [0.5, 0.6) is 0 Å². The van der Waals surface area contributed by atoms with Gasteiger partial charge in [0.1, 0.15) is 6.54 Å². The number of thiophene rings is 1. The van der Waals surface area contributed by atoms with Crippen molar-refractivity contribution >= 4 is 17.2 Å². The molecule has 2 aromatic rings. The van der Waals surface area contributed by atoms with Crippen molar-refractivity contribution in [3.8, 4) is 0 Å². The summed E-state index contributed by atoms with van der Waals surface area (Å²) in [6.07, 6.45) is 2.09. The molecule has 1 aliphatic rings. The molecule has 0 spiro atoms. The maximum atomic E-state index is 12.7. The van der Waals surface area contributed by atoms with Gasteiger partial charge in [0.25, 0.3) is 0 Å². The predicted octanol–water partition coefficient (Wildman–Crippen LogP) is 2.40. The second-order valence-corrected chi connectivity index (χ2v) is 7.65. The van der Waals surface area contributed by atoms with E-state index in [2.05, 4.69) is 27.0 Å². The number of hydrogen-bond donors (Lipinski definition) is 0. The number of rotatable bonds is 3. The van der Waals surface area contributed by atoms with E-state index in [1.165, 1.54) is 4.88 Å². The van der Waals surface area contributed by atoms with E-state index in [1.807, 2.05) is 31.7 Å². The maximum Gasteiger partial charge on any atom is 0.244 e. The SMILES string of the molecule is CC(C)(C)c1nnnn1CC(=O)N1CCC[C@@H]1c1cccs1. The molecule has 3 rings (SSSR count). The Balaban J connectivity index is 1.76. The van der Waals surface area contributed by atoms with Crippen LogP contribution in [0.2, 0.25) is 0 Å². The molecule has 2 aromatic heterocycles. The smallest absolute Gasteiger partial charge is 0.244 e. The number of amides is 1. The van der Waals surface area contributed by atoms with Gasteiger partial charge >= 0.3 is 0 Å². The molecule has 0 unspecified atom stereocenters. The average Bonchev–Trinajstić information content (AvgIpc) is 3.18. The lowest BCUT2D eigenvalue weighted by Crippen LogP contribution is -2.34. The van der Waals surface area contributed by atoms with Crippen molar-refractivity contribution in [2.45, 2.75) is 51.6 Å². The van der Waals surface area contributed by atoms with E-state index < -0.39 is 0 Å². The maximum absolute atomic E-state index is 12.7. The third-order valence-electron chi connectivity index (χ3n) is 3.93. The average molecular weight is 319 g/mol. The molecule has 6 nitrogen and oxygen atoms in total. The Morgan fingerprint density at radius 3 is 2.95 bits per heavy atom. The first-order valence-corrected chi connectivity index (χ1v) is 8.44. The van der Waals surface area contributed by atoms with Crippen LogP contribution in [0.4, 0.5) is 0 Å². The first kappa shape index (κ1) is 15.1. The molecular formula is C15H21N5OS. The zero-order valence-corrected chi connectivity index (χ0v) is 14.0. The Morgan fingerprint density at radius 1 is 1.45 bits per heavy atom. The third-order valence-corrected chi connectivity index (χ3v) is 4.91. The van der Waals surface area contributed by atoms with Gasteiger partial charge in [0, 0.05) is 16.8 Å². The van der Waals surface area contributed by atoms with Gasteiger partial charge in [0.2, 0.25) is 5.91 Å². The lowest BCUT2D eigenvalue weighted by atomic mass is 9.96. The minimum absolute atomic E-state index is 0.0914. The zero-order valence-electron chi connectivity index (χ0n) is 13.2. The van der Waals surface area contributed by atoms with Crippen LogP contribution >= 0.6 is 11.3 Å². The highest BCUT2D eigenvalue weighted by molar-refractivity contribution is 7.10. The summed E-state index contributed by atoms with van der Waals surface area (Å²) in [7, 11) is 0. The number of likely N-dealkylation sites (tertiary alicyclic amines) is 1. The molecule has 22 heavy (non-hydrogen) atoms. The van der Waals surface area contributed by atoms with Gasteiger partial charge < -0.3 is 4.90 Å². The summed E-state index contributed by atoms with van der Waals surface area (Å²) in [5.41, 5.74) is -0.179. The fourth-order valence-corrected chi connectivity index (χ4v) is 3.78. The highest BCUT2D eigenvalue weighted by Crippen LogP contribution is 2.34. The number of tetrazole rings is 1. The summed E-state index contributed by atoms with van der Waals surface area (Å²) < 4.78 is 1.63. The van der Waals surface area contributed by atoms with Gasteiger partial charge in [-0.3, -0.25) is 4.79 Å². The van der Waals surface area contributed by atoms with Crippen molar-refractivity contribution in [3.05, 3.63) is 28.2 Å². The van der Waals surface area contributed by atoms with Gasteiger partial charge in [-0.2, -0.15) is 0 Å². The molecule has 0 aromatic carbocycles. The Hall–Kier alpha value is -1.76. The Kier molecular flexibility index (Phi) is 3.99. The molecule has 1 amide bonds. The molecule has 118 valence electrons. The molecule has 0 N–H and O–H groups in total. The minimum Gasteiger partial charge on any atom is -0.333 e. The molecular weight excluding hydrogens is 298 g/mol. The molecule has 0 aliphatic carbocycles. The van der Waals surface area contributed by atoms with E-state index in [9.17, 15) is 4.79 Å². The highest BCUT2D eigenvalue weighted by Gasteiger charge is 2.32. The van der Waals surface area contributed by atoms with Gasteiger partial charge in [0.05, 0.1) is 6.04 Å². The summed E-state index contributed by atoms with van der Waals surface area (Å²) in [5.74, 6) is 0.835. The fourth-order valence-electron chi connectivity index (χ4n) is 2.91. The van der Waals surface area contributed by atoms with Gasteiger partial charge in [0.15, 0.2) is 5.82 Å². The van der Waals surface area contributed by atoms with E-state index in [4.69, 9.17) is 0 Å². The van der Waals surface area contributed by atoms with Crippen LogP contribution in [0.15, 0.2) is 17.5 Å². The van der Waals surface area contributed by atoms with E-state index in [1.54, 1.807) is 16.0 Å². The van der Waals surface area contributed by atoms with E-state index in [0.29, 0.717) is 0 Å². The molecule has 0 radical (unpaired) electrons. The van der Waals surface area contributed by atoms with Crippen molar-refractivity contribution in [2.75, 3.05) is 6.54 Å². The van der Waals surface area contributed by atoms with Crippen molar-refractivity contribution in [1.82, 2.24) is 25.1 Å². The quantitative estimate of drug-likeness (QED) is 0.871. The molecule has 1 fully saturated rings. The number of nitrogens with zero attached hydrogens (tertiary/aromatic N) is 5. The second-order valence-electron chi connectivity index (χ2n) is 6.67. The van der Waals surface area contributed by atoms with Crippen LogP contribution < -0.4 is 0 Å². The summed E-state index contributed by atoms with van der Waals surface area (Å²) in [6, 6.07) is 4.36. The summed E-state index contributed by atoms with van der Waals surface area (Å²) in [6.45, 7) is 7.16. The van der Waals surface area contributed by atoms with Crippen LogP contribution in [0, 0.1) is 0 Å². The number of carbonyl (C=O) groups excluding carboxylic acids is 1. The predicted molar refractivity (Wildman–Crippen MR) is 84.5 cm³/mol. The van der Waals surface area contributed by atoms with Crippen LogP contribution in [0.3, 0.4) is 0 Å². The second kappa shape index (κ2) is 5.79. The van der Waals surface area contributed by atoms with Crippen LogP contribution in [-0.4, -0.2) is 37.6 Å². The van der Waals surface area contributed by atoms with Crippen LogP contribution in [0.1, 0.15) is 50.4 Å². The number of carbonyl (C=O) groups is 1. The highest BCUT2D eigenvalue weighted by atomic mass is 32.1. The van der Waals surface area contributed by atoms with Crippen molar-refractivity contribution in [2.24, 2.45) is 0 Å². The summed E-state index contributed by atoms with van der Waals surface area (Å²) in [5, 5.41) is 13.9. The summed E-state index contributed by atoms with van der Waals surface area (Å²) >= 11 is 1.72. The van der Waals surface area contributed by atoms with Crippen LogP contribution in [-0.2, 0) is 16.8 Å². The standard InChI is InChI=1S/C15H21N5OS/c1-15(2,3)14-16-17-18-20(14)10-13(21)19-8-4-6-11(19)12-7-5-9-22-12/h5,7,9,11H,4,6,8,10H2,1-3H3/t11-/m1/s1. The molecule has 0 bridgehead atoms. The molecule has 1 aliphatic heterocycles. The van der Waals surface area contributed by atoms with Crippen molar-refractivity contribution in [1.29, 1.82) is 0 Å². The monoisotopic (exact) mass is 319 g/mol. The Morgan fingerprint density at radius 2 is 2.27 bits per heavy atom. The largest absolute Gasteiger partial charge is 0.333 e. The lowest BCUT2D eigenvalue weighted by molar-refractivity contribution is -0.133. The fraction of sp³-hybridized carbons (Fsp3) is 0.600. The zero-order chi connectivity index (χ0) is 15.7. The van der Waals surface area contributed by atoms with E-state index in [-0.39, 0.29) is 23.9 Å². The normalized spacial score (nSPS) is 18.9. The molecule has 0 saturated carbocycles. The van der Waals surface area contributed by atoms with Crippen molar-refractivity contribution < 1.29 is 4.79 Å². The first-order valence-electron chi connectivity index (χ1n) is 7.56. The topological polar surface area (TPSA) is 63.9 Å². The first-order chi connectivity index (χ1) is 10.5. The Labute approximate surface area is 134 Å². The minimum atomic E-state index is -0.179. The Bertz CT molecular complexity index is 643. The number of hydrogen-bond acceptors (Lipinski definition) is 5. The van der Waals surface area contributed by atoms with Crippen molar-refractivity contribution in [3.63, 3.8) is 0 Å². The van der Waals surface area contributed by atoms with E-state index >= 15 is 0 Å². The van der Waals surface area contributed by atoms with Gasteiger partial charge in [-0.1, -0.05) is 26.8 Å². The third kappa shape index (κ3) is 2.90. The molecule has 1 saturated heterocycles. The van der Waals surface area contributed by atoms with E-state index in [0.717, 1.165) is 25.2 Å². The van der Waals surface area contributed by atoms with Crippen LogP contribution in [0.25, 0.3) is 0 Å². The van der Waals surface area contributed by atoms with Gasteiger partial charge in [-0.25, -0.2) is 4.68 Å².